The zero-order valence-electron chi connectivity index (χ0n) is 62.3. The molecule has 103 heavy (non-hydrogen) atoms. The second kappa shape index (κ2) is 46.9. The first-order valence-corrected chi connectivity index (χ1v) is 33.4. The number of oxazole rings is 2. The Balaban J connectivity index is 0.000000397. The predicted octanol–water partition coefficient (Wildman–Crippen LogP) is 14.0. The lowest BCUT2D eigenvalue weighted by Gasteiger charge is -2.14. The fraction of sp³-hybridized carbons (Fsp3) is 0.329. The highest BCUT2D eigenvalue weighted by atomic mass is 35.5. The molecule has 558 valence electrons. The van der Waals surface area contributed by atoms with Crippen LogP contribution < -0.4 is 45.1 Å². The van der Waals surface area contributed by atoms with Gasteiger partial charge in [-0.05, 0) is 202 Å². The van der Waals surface area contributed by atoms with Crippen molar-refractivity contribution in [2.45, 2.75) is 48.1 Å². The molecule has 0 bridgehead atoms. The van der Waals surface area contributed by atoms with Crippen LogP contribution in [0.25, 0.3) is 22.2 Å². The van der Waals surface area contributed by atoms with Gasteiger partial charge in [-0.25, -0.2) is 0 Å². The van der Waals surface area contributed by atoms with Crippen LogP contribution in [0, 0.1) is 53.2 Å². The minimum Gasteiger partial charge on any atom is -0.505 e. The fourth-order valence-corrected chi connectivity index (χ4v) is 9.38. The van der Waals surface area contributed by atoms with E-state index in [0.717, 1.165) is 84.0 Å². The van der Waals surface area contributed by atoms with Gasteiger partial charge >= 0.3 is 6.08 Å². The van der Waals surface area contributed by atoms with Crippen molar-refractivity contribution in [3.05, 3.63) is 229 Å². The molecular weight excluding hydrogens is 1420 g/mol. The summed E-state index contributed by atoms with van der Waals surface area (Å²) in [5.41, 5.74) is 8.80. The summed E-state index contributed by atoms with van der Waals surface area (Å²) in [6.07, 6.45) is 12.9. The molecule has 9 heterocycles. The number of H-pyrrole nitrogens is 3. The summed E-state index contributed by atoms with van der Waals surface area (Å²) in [7, 11) is 27.4. The number of halogens is 1. The summed E-state index contributed by atoms with van der Waals surface area (Å²) in [4.78, 5) is 54.7. The van der Waals surface area contributed by atoms with Gasteiger partial charge in [0.25, 0.3) is 22.0 Å². The minimum absolute atomic E-state index is 0.178. The van der Waals surface area contributed by atoms with Crippen molar-refractivity contribution in [3.63, 3.8) is 0 Å². The number of pyridine rings is 7. The number of aromatic hydroxyl groups is 1. The molecule has 30 heteroatoms. The third-order valence-electron chi connectivity index (χ3n) is 12.8. The lowest BCUT2D eigenvalue weighted by Crippen LogP contribution is -2.26. The minimum atomic E-state index is -0.194. The normalized spacial score (nSPS) is 10.0. The number of aromatic amines is 3. The van der Waals surface area contributed by atoms with Crippen LogP contribution in [0.15, 0.2) is 164 Å². The molecule has 2 aromatic carbocycles. The molecule has 0 saturated carbocycles. The molecule has 11 aromatic rings. The molecule has 0 unspecified atom stereocenters. The first-order chi connectivity index (χ1) is 48.6. The van der Waals surface area contributed by atoms with Gasteiger partial charge in [0.1, 0.15) is 29.6 Å². The van der Waals surface area contributed by atoms with Gasteiger partial charge in [0.05, 0.1) is 35.5 Å². The van der Waals surface area contributed by atoms with Gasteiger partial charge in [-0.2, -0.15) is 9.97 Å². The highest BCUT2D eigenvalue weighted by molar-refractivity contribution is 7.72. The Hall–Kier alpha value is -9.56. The predicted molar refractivity (Wildman–Crippen MR) is 420 cm³/mol. The number of aryl methyl sites for hydroxylation is 9. The third-order valence-corrected chi connectivity index (χ3v) is 14.9. The lowest BCUT2D eigenvalue weighted by molar-refractivity contribution is 0.245. The second-order valence-electron chi connectivity index (χ2n) is 23.0. The molecule has 0 aliphatic carbocycles. The number of rotatable bonds is 11. The van der Waals surface area contributed by atoms with Gasteiger partial charge in [0.2, 0.25) is 0 Å². The number of nitrogens with zero attached hydrogens (tertiary/aromatic N) is 9. The van der Waals surface area contributed by atoms with Crippen molar-refractivity contribution in [2.75, 3.05) is 91.1 Å². The maximum absolute atomic E-state index is 11.1. The topological polar surface area (TPSA) is 276 Å². The quantitative estimate of drug-likeness (QED) is 0.0594. The number of nitrogens with one attached hydrogen (secondary N) is 3. The van der Waals surface area contributed by atoms with E-state index in [1.165, 1.54) is 21.3 Å². The number of hydrogen-bond acceptors (Lipinski definition) is 22. The standard InChI is InChI=1S/C14H12N2O2S.C9H14N2O2.2C8H11NOS.C7H4ClNO.C7H9NO2.C7H9NOS.C6H7NO2.C5H14N2.C2H6O/c1-9-7-12(13(19)16(2)8-9)18-14-15-10-5-3-4-6-11(10)17-14;1-11(2)6-7-4-8(13-3)9(12)10-5-7;2*1-6-4-7(10-3)8(11)9(2)5-6;8-7-9-5-3-1-2-4-6(5)10-7;1-5-3-6(10-2)7(9)8-4-5;1-5-3-6(9)7(10)8(2)4-5;1-9-5-3-2-4-7-6(5)8;1-6(2)5-7(3)4;1-2-3/h3-8H,1-2H3;4-5H,6H2,1-3H3,(H,10,12);2*4-5H,1-3H3;1-4H;3-4H,1-2H3,(H,8,9);3-4,9H,1-2H3;2-4H,1H3,(H,7,8);5H2,1-4H3;3H,2H2,1H3. The van der Waals surface area contributed by atoms with Gasteiger partial charge in [-0.1, -0.05) is 73.1 Å². The summed E-state index contributed by atoms with van der Waals surface area (Å²) in [5, 5.41) is 16.9. The van der Waals surface area contributed by atoms with Crippen LogP contribution in [0.1, 0.15) is 40.3 Å². The Kier molecular flexibility index (Phi) is 40.7. The monoisotopic (exact) mass is 1510 g/mol. The molecule has 0 amide bonds. The van der Waals surface area contributed by atoms with E-state index in [-0.39, 0.29) is 40.5 Å². The lowest BCUT2D eigenvalue weighted by atomic mass is 10.2. The maximum Gasteiger partial charge on any atom is 0.400 e. The Labute approximate surface area is 626 Å². The van der Waals surface area contributed by atoms with Crippen molar-refractivity contribution < 1.29 is 47.5 Å². The van der Waals surface area contributed by atoms with E-state index in [9.17, 15) is 14.4 Å². The summed E-state index contributed by atoms with van der Waals surface area (Å²) in [6.45, 7) is 13.5. The number of aliphatic hydroxyl groups excluding tert-OH is 1. The Bertz CT molecular complexity index is 4660. The van der Waals surface area contributed by atoms with Crippen molar-refractivity contribution in [3.8, 4) is 46.3 Å². The van der Waals surface area contributed by atoms with Crippen LogP contribution in [0.2, 0.25) is 5.35 Å². The molecule has 0 atom stereocenters. The number of hydrogen-bond donors (Lipinski definition) is 5. The van der Waals surface area contributed by atoms with E-state index in [4.69, 9.17) is 108 Å². The molecule has 25 nitrogen and oxygen atoms in total. The highest BCUT2D eigenvalue weighted by Gasteiger charge is 2.10. The largest absolute Gasteiger partial charge is 0.505 e. The Morgan fingerprint density at radius 3 is 1.27 bits per heavy atom. The molecular formula is C73H97ClN12O13S4. The van der Waals surface area contributed by atoms with E-state index in [1.54, 1.807) is 74.6 Å². The van der Waals surface area contributed by atoms with Gasteiger partial charge in [-0.15, -0.1) is 0 Å². The number of methoxy groups -OCH3 is 5. The van der Waals surface area contributed by atoms with Gasteiger partial charge in [-0.3, -0.25) is 24.2 Å². The maximum atomic E-state index is 11.1. The van der Waals surface area contributed by atoms with Crippen LogP contribution in [-0.4, -0.2) is 159 Å². The first-order valence-electron chi connectivity index (χ1n) is 31.4. The van der Waals surface area contributed by atoms with E-state index in [1.807, 2.05) is 187 Å². The highest BCUT2D eigenvalue weighted by Crippen LogP contribution is 2.27. The van der Waals surface area contributed by atoms with E-state index in [0.29, 0.717) is 37.9 Å². The molecule has 0 spiro atoms. The van der Waals surface area contributed by atoms with Gasteiger partial charge in [0.15, 0.2) is 51.4 Å². The van der Waals surface area contributed by atoms with E-state index >= 15 is 0 Å². The number of aliphatic hydroxyl groups is 1. The molecule has 5 N–H and O–H groups in total. The number of aromatic nitrogens is 9. The zero-order chi connectivity index (χ0) is 77.6. The van der Waals surface area contributed by atoms with E-state index in [2.05, 4.69) is 62.9 Å². The summed E-state index contributed by atoms with van der Waals surface area (Å²) >= 11 is 25.9. The van der Waals surface area contributed by atoms with Gasteiger partial charge < -0.3 is 85.6 Å². The summed E-state index contributed by atoms with van der Waals surface area (Å²) < 4.78 is 50.6. The zero-order valence-corrected chi connectivity index (χ0v) is 66.3. The van der Waals surface area contributed by atoms with Crippen molar-refractivity contribution in [2.24, 2.45) is 28.2 Å². The number of para-hydroxylation sites is 4. The molecule has 9 aromatic heterocycles. The first kappa shape index (κ1) is 89.5. The Morgan fingerprint density at radius 2 is 0.874 bits per heavy atom. The SMILES string of the molecule is CCO.CN(C)CN(C)C.COc1cc(C)c[nH]c1=O.COc1cc(C)cn(C)c1=S.COc1cc(C)cn(C)c1=S.COc1cc(CN(C)C)c[nH]c1=O.COc1ccc[nH]c1=O.Cc1cc(O)c(=S)n(C)c1.Cc1cc(Oc2nc3ccccc3o2)c(=S)n(C)c1.Clc1nc2ccccc2o1. The van der Waals surface area contributed by atoms with Crippen LogP contribution in [0.3, 0.4) is 0 Å². The average Bonchev–Trinajstić information content (AvgIpc) is 1.71. The molecule has 0 aliphatic heterocycles. The third kappa shape index (κ3) is 33.0. The van der Waals surface area contributed by atoms with Crippen LogP contribution >= 0.6 is 60.5 Å². The van der Waals surface area contributed by atoms with Crippen LogP contribution in [0.4, 0.5) is 0 Å². The van der Waals surface area contributed by atoms with Crippen LogP contribution in [-0.2, 0) is 34.7 Å². The van der Waals surface area contributed by atoms with Gasteiger partial charge in [0, 0.05) is 91.4 Å². The molecule has 0 aliphatic rings. The van der Waals surface area contributed by atoms with E-state index < -0.39 is 0 Å². The summed E-state index contributed by atoms with van der Waals surface area (Å²) in [6, 6.07) is 29.1. The average molecular weight is 1510 g/mol. The van der Waals surface area contributed by atoms with Crippen molar-refractivity contribution in [1.29, 1.82) is 0 Å². The van der Waals surface area contributed by atoms with Crippen molar-refractivity contribution >= 4 is 82.7 Å². The molecule has 0 fully saturated rings. The second-order valence-corrected chi connectivity index (χ2v) is 24.9. The Morgan fingerprint density at radius 1 is 0.485 bits per heavy atom. The van der Waals surface area contributed by atoms with Crippen LogP contribution in [0.5, 0.6) is 46.3 Å². The number of fused-ring (bicyclic) bond motifs is 2. The number of benzene rings is 2. The van der Waals surface area contributed by atoms with Crippen molar-refractivity contribution in [1.82, 2.24) is 57.9 Å². The fourth-order valence-electron chi connectivity index (χ4n) is 8.55. The molecule has 11 rings (SSSR count). The molecule has 0 saturated heterocycles. The smallest absolute Gasteiger partial charge is 0.400 e. The molecule has 0 radical (unpaired) electrons. The number of ether oxygens (including phenoxy) is 6. The summed E-state index contributed by atoms with van der Waals surface area (Å²) in [5.74, 6) is 3.35.